The van der Waals surface area contributed by atoms with Crippen LogP contribution in [0.2, 0.25) is 0 Å². The summed E-state index contributed by atoms with van der Waals surface area (Å²) < 4.78 is 0. The maximum absolute atomic E-state index is 5.61. The average Bonchev–Trinajstić information content (AvgIpc) is 2.88. The third kappa shape index (κ3) is 3.26. The summed E-state index contributed by atoms with van der Waals surface area (Å²) in [4.78, 5) is 8.70. The molecule has 0 atom stereocenters. The molecule has 0 spiro atoms. The molecule has 1 aliphatic rings. The lowest BCUT2D eigenvalue weighted by atomic mass is 10.1. The Hall–Kier alpha value is -1.23. The molecular formula is C16H21N3S. The first-order valence-corrected chi connectivity index (χ1v) is 8.10. The van der Waals surface area contributed by atoms with Gasteiger partial charge in [0.25, 0.3) is 0 Å². The van der Waals surface area contributed by atoms with Gasteiger partial charge in [-0.15, -0.1) is 11.3 Å². The lowest BCUT2D eigenvalue weighted by molar-refractivity contribution is 0.259. The van der Waals surface area contributed by atoms with Gasteiger partial charge in [0.1, 0.15) is 0 Å². The molecule has 0 unspecified atom stereocenters. The van der Waals surface area contributed by atoms with Crippen molar-refractivity contribution in [1.82, 2.24) is 9.88 Å². The number of benzene rings is 1. The van der Waals surface area contributed by atoms with Crippen LogP contribution in [0.5, 0.6) is 0 Å². The van der Waals surface area contributed by atoms with E-state index in [9.17, 15) is 0 Å². The van der Waals surface area contributed by atoms with Crippen LogP contribution in [-0.4, -0.2) is 29.5 Å². The second kappa shape index (κ2) is 6.48. The van der Waals surface area contributed by atoms with Crippen LogP contribution in [0.15, 0.2) is 30.3 Å². The summed E-state index contributed by atoms with van der Waals surface area (Å²) in [7, 11) is 0. The van der Waals surface area contributed by atoms with Gasteiger partial charge in [-0.25, -0.2) is 4.98 Å². The predicted molar refractivity (Wildman–Crippen MR) is 84.0 cm³/mol. The van der Waals surface area contributed by atoms with Crippen molar-refractivity contribution in [3.05, 3.63) is 51.5 Å². The van der Waals surface area contributed by atoms with Crippen molar-refractivity contribution in [1.29, 1.82) is 0 Å². The summed E-state index contributed by atoms with van der Waals surface area (Å²) in [6, 6.07) is 10.7. The van der Waals surface area contributed by atoms with Crippen LogP contribution in [0, 0.1) is 0 Å². The molecule has 3 nitrogen and oxygen atoms in total. The smallest absolute Gasteiger partial charge is 0.0944 e. The quantitative estimate of drug-likeness (QED) is 0.917. The molecular weight excluding hydrogens is 266 g/mol. The summed E-state index contributed by atoms with van der Waals surface area (Å²) in [6.45, 7) is 4.02. The first-order chi connectivity index (χ1) is 9.85. The van der Waals surface area contributed by atoms with Crippen LogP contribution < -0.4 is 5.73 Å². The number of fused-ring (bicyclic) bond motifs is 1. The van der Waals surface area contributed by atoms with E-state index < -0.39 is 0 Å². The SMILES string of the molecule is NCCc1nc2c(s1)CN(CCc1ccccc1)CC2. The van der Waals surface area contributed by atoms with Gasteiger partial charge in [-0.2, -0.15) is 0 Å². The normalized spacial score (nSPS) is 15.2. The number of hydrogen-bond donors (Lipinski definition) is 1. The molecule has 1 aromatic heterocycles. The van der Waals surface area contributed by atoms with Gasteiger partial charge in [0, 0.05) is 37.4 Å². The third-order valence-corrected chi connectivity index (χ3v) is 4.91. The molecule has 0 bridgehead atoms. The Morgan fingerprint density at radius 3 is 2.85 bits per heavy atom. The molecule has 1 aliphatic heterocycles. The van der Waals surface area contributed by atoms with Gasteiger partial charge in [0.2, 0.25) is 0 Å². The van der Waals surface area contributed by atoms with Gasteiger partial charge in [0.05, 0.1) is 10.7 Å². The van der Waals surface area contributed by atoms with Gasteiger partial charge in [0.15, 0.2) is 0 Å². The average molecular weight is 287 g/mol. The second-order valence-electron chi connectivity index (χ2n) is 5.28. The Balaban J connectivity index is 1.58. The molecule has 20 heavy (non-hydrogen) atoms. The van der Waals surface area contributed by atoms with E-state index in [0.717, 1.165) is 38.9 Å². The molecule has 3 rings (SSSR count). The monoisotopic (exact) mass is 287 g/mol. The zero-order chi connectivity index (χ0) is 13.8. The molecule has 1 aromatic carbocycles. The zero-order valence-corrected chi connectivity index (χ0v) is 12.5. The summed E-state index contributed by atoms with van der Waals surface area (Å²) in [6.07, 6.45) is 3.14. The van der Waals surface area contributed by atoms with Crippen LogP contribution in [0.1, 0.15) is 21.1 Å². The van der Waals surface area contributed by atoms with Crippen molar-refractivity contribution < 1.29 is 0 Å². The Bertz CT molecular complexity index is 550. The van der Waals surface area contributed by atoms with E-state index in [1.54, 1.807) is 0 Å². The number of nitrogens with zero attached hydrogens (tertiary/aromatic N) is 2. The Morgan fingerprint density at radius 1 is 1.20 bits per heavy atom. The molecule has 106 valence electrons. The van der Waals surface area contributed by atoms with Gasteiger partial charge in [-0.05, 0) is 18.5 Å². The summed E-state index contributed by atoms with van der Waals surface area (Å²) in [5, 5.41) is 1.21. The number of aromatic nitrogens is 1. The maximum Gasteiger partial charge on any atom is 0.0944 e. The van der Waals surface area contributed by atoms with Gasteiger partial charge >= 0.3 is 0 Å². The Morgan fingerprint density at radius 2 is 2.05 bits per heavy atom. The third-order valence-electron chi connectivity index (χ3n) is 3.77. The van der Waals surface area contributed by atoms with E-state index in [4.69, 9.17) is 10.7 Å². The van der Waals surface area contributed by atoms with E-state index >= 15 is 0 Å². The van der Waals surface area contributed by atoms with Gasteiger partial charge < -0.3 is 5.73 Å². The second-order valence-corrected chi connectivity index (χ2v) is 6.45. The minimum absolute atomic E-state index is 0.699. The minimum Gasteiger partial charge on any atom is -0.330 e. The van der Waals surface area contributed by atoms with Crippen molar-refractivity contribution in [2.75, 3.05) is 19.6 Å². The van der Waals surface area contributed by atoms with Crippen molar-refractivity contribution in [2.45, 2.75) is 25.8 Å². The van der Waals surface area contributed by atoms with Crippen LogP contribution >= 0.6 is 11.3 Å². The van der Waals surface area contributed by atoms with Crippen molar-refractivity contribution in [3.63, 3.8) is 0 Å². The minimum atomic E-state index is 0.699. The van der Waals surface area contributed by atoms with Crippen molar-refractivity contribution in [3.8, 4) is 0 Å². The van der Waals surface area contributed by atoms with E-state index in [-0.39, 0.29) is 0 Å². The largest absolute Gasteiger partial charge is 0.330 e. The van der Waals surface area contributed by atoms with Crippen LogP contribution in [0.25, 0.3) is 0 Å². The summed E-state index contributed by atoms with van der Waals surface area (Å²) in [5.74, 6) is 0. The lowest BCUT2D eigenvalue weighted by Gasteiger charge is -2.25. The number of rotatable bonds is 5. The molecule has 0 aliphatic carbocycles. The molecule has 0 amide bonds. The molecule has 2 heterocycles. The molecule has 2 N–H and O–H groups in total. The lowest BCUT2D eigenvalue weighted by Crippen LogP contribution is -2.31. The fourth-order valence-corrected chi connectivity index (χ4v) is 3.83. The number of nitrogens with two attached hydrogens (primary N) is 1. The Labute approximate surface area is 124 Å². The first-order valence-electron chi connectivity index (χ1n) is 7.29. The molecule has 4 heteroatoms. The predicted octanol–water partition coefficient (Wildman–Crippen LogP) is 2.25. The standard InChI is InChI=1S/C16H21N3S/c17-9-6-16-18-14-8-11-19(12-15(14)20-16)10-7-13-4-2-1-3-5-13/h1-5H,6-12,17H2. The van der Waals surface area contributed by atoms with E-state index in [1.807, 2.05) is 11.3 Å². The zero-order valence-electron chi connectivity index (χ0n) is 11.7. The topological polar surface area (TPSA) is 42.1 Å². The molecule has 2 aromatic rings. The Kier molecular flexibility index (Phi) is 4.45. The van der Waals surface area contributed by atoms with Gasteiger partial charge in [-0.1, -0.05) is 30.3 Å². The molecule has 0 saturated heterocycles. The molecule has 0 saturated carbocycles. The van der Waals surface area contributed by atoms with E-state index in [2.05, 4.69) is 35.2 Å². The van der Waals surface area contributed by atoms with Crippen LogP contribution in [-0.2, 0) is 25.8 Å². The van der Waals surface area contributed by atoms with E-state index in [0.29, 0.717) is 6.54 Å². The van der Waals surface area contributed by atoms with Crippen LogP contribution in [0.3, 0.4) is 0 Å². The highest BCUT2D eigenvalue weighted by molar-refractivity contribution is 7.11. The summed E-state index contributed by atoms with van der Waals surface area (Å²) in [5.41, 5.74) is 8.35. The fourth-order valence-electron chi connectivity index (χ4n) is 2.65. The van der Waals surface area contributed by atoms with Crippen molar-refractivity contribution >= 4 is 11.3 Å². The van der Waals surface area contributed by atoms with Gasteiger partial charge in [-0.3, -0.25) is 4.90 Å². The highest BCUT2D eigenvalue weighted by Crippen LogP contribution is 2.25. The maximum atomic E-state index is 5.61. The van der Waals surface area contributed by atoms with Crippen molar-refractivity contribution in [2.24, 2.45) is 5.73 Å². The van der Waals surface area contributed by atoms with Crippen LogP contribution in [0.4, 0.5) is 0 Å². The number of hydrogen-bond acceptors (Lipinski definition) is 4. The number of thiazole rings is 1. The molecule has 0 fully saturated rings. The first kappa shape index (κ1) is 13.7. The van der Waals surface area contributed by atoms with E-state index in [1.165, 1.54) is 21.1 Å². The fraction of sp³-hybridized carbons (Fsp3) is 0.438. The molecule has 0 radical (unpaired) electrons. The highest BCUT2D eigenvalue weighted by Gasteiger charge is 2.20. The summed E-state index contributed by atoms with van der Waals surface area (Å²) >= 11 is 1.85. The highest BCUT2D eigenvalue weighted by atomic mass is 32.1.